The van der Waals surface area contributed by atoms with Gasteiger partial charge in [0.25, 0.3) is 5.89 Å². The fourth-order valence-corrected chi connectivity index (χ4v) is 5.59. The van der Waals surface area contributed by atoms with Crippen molar-refractivity contribution in [3.63, 3.8) is 0 Å². The maximum Gasteiger partial charge on any atom is 0.258 e. The average molecular weight is 492 g/mol. The first-order valence-electron chi connectivity index (χ1n) is 13.2. The van der Waals surface area contributed by atoms with Gasteiger partial charge in [-0.2, -0.15) is 4.98 Å². The van der Waals surface area contributed by atoms with Gasteiger partial charge in [-0.15, -0.1) is 0 Å². The molecule has 0 bridgehead atoms. The number of rotatable bonds is 6. The van der Waals surface area contributed by atoms with Crippen LogP contribution in [-0.2, 0) is 12.0 Å². The molecular formula is C31H33N5O. The quantitative estimate of drug-likeness (QED) is 0.305. The molecule has 0 amide bonds. The van der Waals surface area contributed by atoms with Gasteiger partial charge in [-0.1, -0.05) is 50.9 Å². The van der Waals surface area contributed by atoms with Crippen molar-refractivity contribution in [3.05, 3.63) is 83.2 Å². The van der Waals surface area contributed by atoms with Crippen molar-refractivity contribution in [2.75, 3.05) is 5.32 Å². The molecule has 0 saturated heterocycles. The van der Waals surface area contributed by atoms with Crippen LogP contribution in [0.5, 0.6) is 0 Å². The molecule has 1 atom stereocenters. The van der Waals surface area contributed by atoms with Crippen LogP contribution in [0.3, 0.4) is 0 Å². The van der Waals surface area contributed by atoms with Gasteiger partial charge in [0, 0.05) is 42.0 Å². The highest BCUT2D eigenvalue weighted by atomic mass is 16.5. The first-order valence-corrected chi connectivity index (χ1v) is 13.2. The summed E-state index contributed by atoms with van der Waals surface area (Å²) in [5.74, 6) is 1.81. The van der Waals surface area contributed by atoms with Crippen LogP contribution in [0.1, 0.15) is 74.8 Å². The Morgan fingerprint density at radius 3 is 2.62 bits per heavy atom. The highest BCUT2D eigenvalue weighted by molar-refractivity contribution is 5.87. The fourth-order valence-electron chi connectivity index (χ4n) is 5.59. The van der Waals surface area contributed by atoms with Gasteiger partial charge in [-0.3, -0.25) is 9.98 Å². The van der Waals surface area contributed by atoms with Crippen LogP contribution >= 0.6 is 0 Å². The van der Waals surface area contributed by atoms with Crippen LogP contribution in [0, 0.1) is 5.92 Å². The van der Waals surface area contributed by atoms with E-state index in [1.54, 1.807) is 6.20 Å². The predicted molar refractivity (Wildman–Crippen MR) is 148 cm³/mol. The predicted octanol–water partition coefficient (Wildman–Crippen LogP) is 7.37. The molecule has 1 saturated carbocycles. The second-order valence-corrected chi connectivity index (χ2v) is 11.3. The Labute approximate surface area is 218 Å². The summed E-state index contributed by atoms with van der Waals surface area (Å²) in [4.78, 5) is 13.8. The van der Waals surface area contributed by atoms with E-state index in [-0.39, 0.29) is 5.41 Å². The van der Waals surface area contributed by atoms with Crippen molar-refractivity contribution in [1.29, 1.82) is 0 Å². The Bertz CT molecular complexity index is 1430. The molecule has 37 heavy (non-hydrogen) atoms. The smallest absolute Gasteiger partial charge is 0.258 e. The van der Waals surface area contributed by atoms with E-state index in [9.17, 15) is 0 Å². The van der Waals surface area contributed by atoms with Crippen LogP contribution in [0.15, 0.2) is 70.4 Å². The monoisotopic (exact) mass is 491 g/mol. The number of pyridine rings is 1. The number of aliphatic imine (C=N–C) groups is 1. The lowest BCUT2D eigenvalue weighted by Crippen LogP contribution is -2.15. The molecule has 188 valence electrons. The lowest BCUT2D eigenvalue weighted by atomic mass is 9.84. The van der Waals surface area contributed by atoms with Crippen molar-refractivity contribution >= 4 is 11.9 Å². The lowest BCUT2D eigenvalue weighted by Gasteiger charge is -2.24. The third-order valence-electron chi connectivity index (χ3n) is 7.59. The molecule has 1 aliphatic heterocycles. The minimum Gasteiger partial charge on any atom is -0.381 e. The van der Waals surface area contributed by atoms with Crippen LogP contribution < -0.4 is 5.32 Å². The third kappa shape index (κ3) is 4.80. The van der Waals surface area contributed by atoms with Gasteiger partial charge < -0.3 is 9.84 Å². The maximum absolute atomic E-state index is 5.72. The van der Waals surface area contributed by atoms with Crippen molar-refractivity contribution in [2.24, 2.45) is 10.9 Å². The summed E-state index contributed by atoms with van der Waals surface area (Å²) in [6.07, 6.45) is 10.9. The SMILES string of the molecule is CC(C)(C)c1cc(-c2noc(-c3ccc4c(c3)C=NC4C3CCCC3)n2)ccc1NCc1cccnc1. The molecule has 1 aliphatic carbocycles. The van der Waals surface area contributed by atoms with Gasteiger partial charge in [-0.25, -0.2) is 0 Å². The molecule has 1 fully saturated rings. The van der Waals surface area contributed by atoms with Gasteiger partial charge in [0.05, 0.1) is 6.04 Å². The van der Waals surface area contributed by atoms with E-state index in [4.69, 9.17) is 14.5 Å². The second kappa shape index (κ2) is 9.58. The van der Waals surface area contributed by atoms with Crippen LogP contribution in [-0.4, -0.2) is 21.3 Å². The number of fused-ring (bicyclic) bond motifs is 1. The molecule has 4 aromatic rings. The third-order valence-corrected chi connectivity index (χ3v) is 7.59. The van der Waals surface area contributed by atoms with Crippen LogP contribution in [0.4, 0.5) is 5.69 Å². The van der Waals surface area contributed by atoms with Crippen molar-refractivity contribution < 1.29 is 4.52 Å². The Balaban J connectivity index is 1.24. The van der Waals surface area contributed by atoms with Gasteiger partial charge in [0.2, 0.25) is 5.82 Å². The fraction of sp³-hybridized carbons (Fsp3) is 0.355. The van der Waals surface area contributed by atoms with E-state index in [0.717, 1.165) is 22.4 Å². The van der Waals surface area contributed by atoms with Crippen molar-refractivity contribution in [3.8, 4) is 22.8 Å². The summed E-state index contributed by atoms with van der Waals surface area (Å²) in [5.41, 5.74) is 7.76. The van der Waals surface area contributed by atoms with Gasteiger partial charge in [-0.05, 0) is 82.8 Å². The molecule has 1 N–H and O–H groups in total. The number of aromatic nitrogens is 3. The number of hydrogen-bond donors (Lipinski definition) is 1. The Morgan fingerprint density at radius 1 is 1.00 bits per heavy atom. The van der Waals surface area contributed by atoms with E-state index in [1.807, 2.05) is 18.5 Å². The van der Waals surface area contributed by atoms with E-state index in [0.29, 0.717) is 30.2 Å². The number of hydrogen-bond acceptors (Lipinski definition) is 6. The molecule has 0 spiro atoms. The van der Waals surface area contributed by atoms with Gasteiger partial charge in [0.15, 0.2) is 0 Å². The molecule has 0 radical (unpaired) electrons. The largest absolute Gasteiger partial charge is 0.381 e. The Hall–Kier alpha value is -3.80. The molecular weight excluding hydrogens is 458 g/mol. The van der Waals surface area contributed by atoms with Gasteiger partial charge >= 0.3 is 0 Å². The van der Waals surface area contributed by atoms with Crippen LogP contribution in [0.2, 0.25) is 0 Å². The number of anilines is 1. The topological polar surface area (TPSA) is 76.2 Å². The highest BCUT2D eigenvalue weighted by Crippen LogP contribution is 2.42. The molecule has 2 aliphatic rings. The van der Waals surface area contributed by atoms with Crippen molar-refractivity contribution in [1.82, 2.24) is 15.1 Å². The van der Waals surface area contributed by atoms with E-state index in [2.05, 4.69) is 78.7 Å². The highest BCUT2D eigenvalue weighted by Gasteiger charge is 2.30. The summed E-state index contributed by atoms with van der Waals surface area (Å²) in [6, 6.07) is 17.1. The van der Waals surface area contributed by atoms with E-state index < -0.39 is 0 Å². The summed E-state index contributed by atoms with van der Waals surface area (Å²) in [7, 11) is 0. The molecule has 6 rings (SSSR count). The summed E-state index contributed by atoms with van der Waals surface area (Å²) >= 11 is 0. The molecule has 6 nitrogen and oxygen atoms in total. The number of benzene rings is 2. The first kappa shape index (κ1) is 23.6. The zero-order chi connectivity index (χ0) is 25.4. The molecule has 2 aromatic carbocycles. The summed E-state index contributed by atoms with van der Waals surface area (Å²) in [5, 5.41) is 7.91. The maximum atomic E-state index is 5.72. The lowest BCUT2D eigenvalue weighted by molar-refractivity contribution is 0.432. The Morgan fingerprint density at radius 2 is 1.84 bits per heavy atom. The standard InChI is InChI=1S/C31H33N5O/c1-31(2,3)26-16-22(11-13-27(26)33-18-20-7-6-14-32-17-20)29-35-30(37-36-29)23-10-12-25-24(15-23)19-34-28(25)21-8-4-5-9-21/h6-7,10-17,19,21,28,33H,4-5,8-9,18H2,1-3H3. The second-order valence-electron chi connectivity index (χ2n) is 11.3. The number of nitrogens with one attached hydrogen (secondary N) is 1. The number of nitrogens with zero attached hydrogens (tertiary/aromatic N) is 4. The summed E-state index contributed by atoms with van der Waals surface area (Å²) in [6.45, 7) is 7.36. The van der Waals surface area contributed by atoms with E-state index >= 15 is 0 Å². The zero-order valence-corrected chi connectivity index (χ0v) is 21.7. The van der Waals surface area contributed by atoms with E-state index in [1.165, 1.54) is 42.4 Å². The molecule has 3 heterocycles. The minimum absolute atomic E-state index is 0.0605. The van der Waals surface area contributed by atoms with Crippen molar-refractivity contribution in [2.45, 2.75) is 64.5 Å². The van der Waals surface area contributed by atoms with Crippen LogP contribution in [0.25, 0.3) is 22.8 Å². The molecule has 2 aromatic heterocycles. The molecule has 1 unspecified atom stereocenters. The average Bonchev–Trinajstić information content (AvgIpc) is 3.68. The van der Waals surface area contributed by atoms with Gasteiger partial charge in [0.1, 0.15) is 0 Å². The minimum atomic E-state index is -0.0605. The Kier molecular flexibility index (Phi) is 6.11. The zero-order valence-electron chi connectivity index (χ0n) is 21.7. The first-order chi connectivity index (χ1) is 18.0. The summed E-state index contributed by atoms with van der Waals surface area (Å²) < 4.78 is 5.72. The molecule has 6 heteroatoms. The normalized spacial score (nSPS) is 17.3.